The van der Waals surface area contributed by atoms with Crippen molar-refractivity contribution in [3.63, 3.8) is 0 Å². The minimum Gasteiger partial charge on any atom is -0.294 e. The van der Waals surface area contributed by atoms with Gasteiger partial charge in [-0.15, -0.1) is 0 Å². The Morgan fingerprint density at radius 2 is 2.12 bits per heavy atom. The van der Waals surface area contributed by atoms with Crippen LogP contribution in [0.25, 0.3) is 5.69 Å². The zero-order valence-corrected chi connectivity index (χ0v) is 10.3. The van der Waals surface area contributed by atoms with Crippen LogP contribution in [0.4, 0.5) is 0 Å². The number of ketones is 1. The van der Waals surface area contributed by atoms with E-state index in [1.165, 1.54) is 0 Å². The van der Waals surface area contributed by atoms with Crippen molar-refractivity contribution >= 4 is 5.78 Å². The van der Waals surface area contributed by atoms with Gasteiger partial charge in [0, 0.05) is 12.0 Å². The van der Waals surface area contributed by atoms with Gasteiger partial charge in [-0.25, -0.2) is 9.67 Å². The molecule has 0 unspecified atom stereocenters. The third kappa shape index (κ3) is 2.25. The molecule has 1 heterocycles. The first-order valence-corrected chi connectivity index (χ1v) is 5.65. The summed E-state index contributed by atoms with van der Waals surface area (Å²) < 4.78 is 1.75. The average molecular weight is 229 g/mol. The van der Waals surface area contributed by atoms with Crippen LogP contribution in [0.1, 0.15) is 35.4 Å². The van der Waals surface area contributed by atoms with Gasteiger partial charge in [-0.2, -0.15) is 5.10 Å². The van der Waals surface area contributed by atoms with E-state index < -0.39 is 0 Å². The molecule has 0 aliphatic heterocycles. The molecule has 17 heavy (non-hydrogen) atoms. The molecular formula is C13H15N3O. The third-order valence-electron chi connectivity index (χ3n) is 2.61. The van der Waals surface area contributed by atoms with Crippen molar-refractivity contribution in [2.24, 2.45) is 0 Å². The van der Waals surface area contributed by atoms with Gasteiger partial charge in [0.05, 0.1) is 5.69 Å². The molecule has 0 aliphatic rings. The molecule has 4 heteroatoms. The highest BCUT2D eigenvalue weighted by Crippen LogP contribution is 2.13. The van der Waals surface area contributed by atoms with Gasteiger partial charge in [0.15, 0.2) is 5.78 Å². The summed E-state index contributed by atoms with van der Waals surface area (Å²) in [4.78, 5) is 15.9. The first-order valence-electron chi connectivity index (χ1n) is 5.65. The average Bonchev–Trinajstić information content (AvgIpc) is 2.67. The predicted molar refractivity (Wildman–Crippen MR) is 65.5 cm³/mol. The van der Waals surface area contributed by atoms with Crippen LogP contribution in [0, 0.1) is 13.8 Å². The van der Waals surface area contributed by atoms with Crippen molar-refractivity contribution in [3.8, 4) is 5.69 Å². The van der Waals surface area contributed by atoms with E-state index in [0.29, 0.717) is 6.42 Å². The summed E-state index contributed by atoms with van der Waals surface area (Å²) in [5.74, 6) is 1.69. The third-order valence-corrected chi connectivity index (χ3v) is 2.61. The summed E-state index contributed by atoms with van der Waals surface area (Å²) >= 11 is 0. The zero-order valence-electron chi connectivity index (χ0n) is 10.3. The molecule has 0 aliphatic carbocycles. The van der Waals surface area contributed by atoms with Gasteiger partial charge in [-0.05, 0) is 26.0 Å². The van der Waals surface area contributed by atoms with Crippen molar-refractivity contribution < 1.29 is 4.79 Å². The summed E-state index contributed by atoms with van der Waals surface area (Å²) in [5.41, 5.74) is 1.60. The Kier molecular flexibility index (Phi) is 3.04. The highest BCUT2D eigenvalue weighted by atomic mass is 16.1. The van der Waals surface area contributed by atoms with Crippen molar-refractivity contribution in [3.05, 3.63) is 41.5 Å². The minimum atomic E-state index is 0.140. The SMILES string of the molecule is CCC(=O)c1cccc(-n2nc(C)nc2C)c1. The maximum absolute atomic E-state index is 11.6. The molecule has 4 nitrogen and oxygen atoms in total. The van der Waals surface area contributed by atoms with Gasteiger partial charge in [-0.1, -0.05) is 19.1 Å². The lowest BCUT2D eigenvalue weighted by Crippen LogP contribution is -2.02. The van der Waals surface area contributed by atoms with Crippen LogP contribution in [0.3, 0.4) is 0 Å². The molecule has 88 valence electrons. The zero-order chi connectivity index (χ0) is 12.4. The number of hydrogen-bond acceptors (Lipinski definition) is 3. The lowest BCUT2D eigenvalue weighted by Gasteiger charge is -2.04. The Bertz CT molecular complexity index is 558. The molecule has 1 aromatic heterocycles. The molecule has 2 aromatic rings. The molecule has 0 saturated heterocycles. The number of carbonyl (C=O) groups excluding carboxylic acids is 1. The van der Waals surface area contributed by atoms with Crippen LogP contribution in [-0.4, -0.2) is 20.5 Å². The van der Waals surface area contributed by atoms with Gasteiger partial charge < -0.3 is 0 Å². The smallest absolute Gasteiger partial charge is 0.162 e. The monoisotopic (exact) mass is 229 g/mol. The Labute approximate surface area is 100 Å². The van der Waals surface area contributed by atoms with Crippen LogP contribution >= 0.6 is 0 Å². The molecule has 0 bridgehead atoms. The quantitative estimate of drug-likeness (QED) is 0.760. The number of aromatic nitrogens is 3. The van der Waals surface area contributed by atoms with Crippen molar-refractivity contribution in [2.75, 3.05) is 0 Å². The van der Waals surface area contributed by atoms with Gasteiger partial charge >= 0.3 is 0 Å². The Morgan fingerprint density at radius 1 is 1.35 bits per heavy atom. The van der Waals surface area contributed by atoms with Crippen LogP contribution in [-0.2, 0) is 0 Å². The summed E-state index contributed by atoms with van der Waals surface area (Å²) in [7, 11) is 0. The molecule has 0 amide bonds. The van der Waals surface area contributed by atoms with E-state index in [1.807, 2.05) is 45.0 Å². The van der Waals surface area contributed by atoms with E-state index >= 15 is 0 Å². The first kappa shape index (κ1) is 11.5. The Morgan fingerprint density at radius 3 is 2.71 bits per heavy atom. The molecule has 0 saturated carbocycles. The fourth-order valence-electron chi connectivity index (χ4n) is 1.78. The van der Waals surface area contributed by atoms with Gasteiger partial charge in [0.25, 0.3) is 0 Å². The number of nitrogens with zero attached hydrogens (tertiary/aromatic N) is 3. The normalized spacial score (nSPS) is 10.5. The van der Waals surface area contributed by atoms with Gasteiger partial charge in [0.1, 0.15) is 11.6 Å². The Hall–Kier alpha value is -1.97. The van der Waals surface area contributed by atoms with Crippen molar-refractivity contribution in [1.82, 2.24) is 14.8 Å². The molecule has 1 aromatic carbocycles. The molecule has 0 spiro atoms. The number of Topliss-reactive ketones (excluding diaryl/α,β-unsaturated/α-hetero) is 1. The molecule has 0 N–H and O–H groups in total. The van der Waals surface area contributed by atoms with Crippen LogP contribution in [0.5, 0.6) is 0 Å². The lowest BCUT2D eigenvalue weighted by molar-refractivity contribution is 0.0988. The maximum atomic E-state index is 11.6. The van der Waals surface area contributed by atoms with E-state index in [0.717, 1.165) is 22.9 Å². The highest BCUT2D eigenvalue weighted by Gasteiger charge is 2.08. The number of hydrogen-bond donors (Lipinski definition) is 0. The number of carbonyl (C=O) groups is 1. The minimum absolute atomic E-state index is 0.140. The van der Waals surface area contributed by atoms with E-state index in [2.05, 4.69) is 10.1 Å². The molecule has 2 rings (SSSR count). The largest absolute Gasteiger partial charge is 0.294 e. The summed E-state index contributed by atoms with van der Waals surface area (Å²) in [6, 6.07) is 7.48. The fourth-order valence-corrected chi connectivity index (χ4v) is 1.78. The Balaban J connectivity index is 2.46. The molecule has 0 radical (unpaired) electrons. The van der Waals surface area contributed by atoms with Crippen LogP contribution < -0.4 is 0 Å². The highest BCUT2D eigenvalue weighted by molar-refractivity contribution is 5.96. The van der Waals surface area contributed by atoms with E-state index in [-0.39, 0.29) is 5.78 Å². The van der Waals surface area contributed by atoms with E-state index in [9.17, 15) is 4.79 Å². The van der Waals surface area contributed by atoms with Gasteiger partial charge in [0.2, 0.25) is 0 Å². The summed E-state index contributed by atoms with van der Waals surface area (Å²) in [5, 5.41) is 4.30. The summed E-state index contributed by atoms with van der Waals surface area (Å²) in [6.45, 7) is 5.61. The van der Waals surface area contributed by atoms with Crippen LogP contribution in [0.15, 0.2) is 24.3 Å². The topological polar surface area (TPSA) is 47.8 Å². The molecule has 0 fully saturated rings. The first-order chi connectivity index (χ1) is 8.11. The van der Waals surface area contributed by atoms with Gasteiger partial charge in [-0.3, -0.25) is 4.79 Å². The van der Waals surface area contributed by atoms with Crippen LogP contribution in [0.2, 0.25) is 0 Å². The maximum Gasteiger partial charge on any atom is 0.162 e. The number of rotatable bonds is 3. The molecular weight excluding hydrogens is 214 g/mol. The molecule has 0 atom stereocenters. The van der Waals surface area contributed by atoms with Crippen molar-refractivity contribution in [1.29, 1.82) is 0 Å². The van der Waals surface area contributed by atoms with Crippen molar-refractivity contribution in [2.45, 2.75) is 27.2 Å². The van der Waals surface area contributed by atoms with E-state index in [4.69, 9.17) is 0 Å². The predicted octanol–water partition coefficient (Wildman–Crippen LogP) is 2.48. The fraction of sp³-hybridized carbons (Fsp3) is 0.308. The standard InChI is InChI=1S/C13H15N3O/c1-4-13(17)11-6-5-7-12(8-11)16-10(3)14-9(2)15-16/h5-8H,4H2,1-3H3. The van der Waals surface area contributed by atoms with E-state index in [1.54, 1.807) is 4.68 Å². The second-order valence-corrected chi connectivity index (χ2v) is 3.95. The number of benzene rings is 1. The second kappa shape index (κ2) is 4.49. The second-order valence-electron chi connectivity index (χ2n) is 3.95. The summed E-state index contributed by atoms with van der Waals surface area (Å²) in [6.07, 6.45) is 0.513. The lowest BCUT2D eigenvalue weighted by atomic mass is 10.1. The number of aryl methyl sites for hydroxylation is 2.